The number of pyridine rings is 1. The molecule has 2 aromatic rings. The average Bonchev–Trinajstić information content (AvgIpc) is 2.82. The van der Waals surface area contributed by atoms with Gasteiger partial charge in [0.05, 0.1) is 0 Å². The summed E-state index contributed by atoms with van der Waals surface area (Å²) in [5, 5.41) is 13.6. The van der Waals surface area contributed by atoms with E-state index in [4.69, 9.17) is 0 Å². The lowest BCUT2D eigenvalue weighted by Crippen LogP contribution is -2.22. The highest BCUT2D eigenvalue weighted by atomic mass is 16.3. The van der Waals surface area contributed by atoms with Crippen molar-refractivity contribution in [2.45, 2.75) is 19.4 Å². The van der Waals surface area contributed by atoms with Gasteiger partial charge in [-0.3, -0.25) is 4.98 Å². The highest BCUT2D eigenvalue weighted by molar-refractivity contribution is 5.52. The highest BCUT2D eigenvalue weighted by Crippen LogP contribution is 2.21. The second-order valence-electron chi connectivity index (χ2n) is 4.36. The molecule has 5 nitrogen and oxygen atoms in total. The van der Waals surface area contributed by atoms with Crippen LogP contribution in [0.3, 0.4) is 0 Å². The number of rotatable bonds is 2. The van der Waals surface area contributed by atoms with Crippen LogP contribution in [0, 0.1) is 5.92 Å². The predicted molar refractivity (Wildman–Crippen MR) is 62.1 cm³/mol. The Kier molecular flexibility index (Phi) is 2.60. The smallest absolute Gasteiger partial charge is 0.182 e. The van der Waals surface area contributed by atoms with Crippen LogP contribution in [0.25, 0.3) is 11.4 Å². The van der Waals surface area contributed by atoms with Gasteiger partial charge in [-0.15, -0.1) is 0 Å². The van der Waals surface area contributed by atoms with E-state index in [1.54, 1.807) is 12.4 Å². The topological polar surface area (TPSA) is 63.8 Å². The standard InChI is InChI=1S/C12H14N4O/c17-8-9-3-5-16-11(6-9)14-12(15-16)10-2-1-4-13-7-10/h1-2,4,7,9,17H,3,5-6,8H2. The molecule has 0 radical (unpaired) electrons. The molecule has 1 aliphatic rings. The molecule has 0 spiro atoms. The number of aliphatic hydroxyl groups excluding tert-OH is 1. The van der Waals surface area contributed by atoms with Crippen LogP contribution in [0.2, 0.25) is 0 Å². The van der Waals surface area contributed by atoms with Crippen molar-refractivity contribution in [2.24, 2.45) is 5.92 Å². The first-order chi connectivity index (χ1) is 8.36. The fourth-order valence-corrected chi connectivity index (χ4v) is 2.14. The van der Waals surface area contributed by atoms with Crippen molar-refractivity contribution in [3.63, 3.8) is 0 Å². The summed E-state index contributed by atoms with van der Waals surface area (Å²) in [6, 6.07) is 3.84. The number of nitrogens with zero attached hydrogens (tertiary/aromatic N) is 4. The number of hydrogen-bond donors (Lipinski definition) is 1. The molecule has 0 aliphatic carbocycles. The van der Waals surface area contributed by atoms with Crippen LogP contribution in [0.1, 0.15) is 12.2 Å². The van der Waals surface area contributed by atoms with E-state index >= 15 is 0 Å². The van der Waals surface area contributed by atoms with Crippen molar-refractivity contribution >= 4 is 0 Å². The summed E-state index contributed by atoms with van der Waals surface area (Å²) in [6.45, 7) is 1.07. The summed E-state index contributed by atoms with van der Waals surface area (Å²) >= 11 is 0. The molecular weight excluding hydrogens is 216 g/mol. The van der Waals surface area contributed by atoms with E-state index in [2.05, 4.69) is 15.1 Å². The van der Waals surface area contributed by atoms with Gasteiger partial charge in [-0.05, 0) is 24.5 Å². The van der Waals surface area contributed by atoms with Gasteiger partial charge in [0.25, 0.3) is 0 Å². The number of aromatic nitrogens is 4. The minimum absolute atomic E-state index is 0.231. The molecule has 0 amide bonds. The Bertz CT molecular complexity index is 508. The zero-order chi connectivity index (χ0) is 11.7. The maximum atomic E-state index is 9.17. The van der Waals surface area contributed by atoms with Crippen LogP contribution in [0.4, 0.5) is 0 Å². The first-order valence-corrected chi connectivity index (χ1v) is 5.82. The van der Waals surface area contributed by atoms with Crippen LogP contribution in [-0.4, -0.2) is 31.5 Å². The quantitative estimate of drug-likeness (QED) is 0.832. The van der Waals surface area contributed by atoms with E-state index in [0.29, 0.717) is 5.92 Å². The number of aryl methyl sites for hydroxylation is 1. The van der Waals surface area contributed by atoms with Crippen molar-refractivity contribution in [3.05, 3.63) is 30.4 Å². The second-order valence-corrected chi connectivity index (χ2v) is 4.36. The van der Waals surface area contributed by atoms with Crippen molar-refractivity contribution in [2.75, 3.05) is 6.61 Å². The SMILES string of the molecule is OCC1CCn2nc(-c3cccnc3)nc2C1. The molecule has 0 saturated heterocycles. The monoisotopic (exact) mass is 230 g/mol. The minimum atomic E-state index is 0.231. The molecule has 1 atom stereocenters. The average molecular weight is 230 g/mol. The largest absolute Gasteiger partial charge is 0.396 e. The molecule has 3 rings (SSSR count). The molecule has 2 aromatic heterocycles. The van der Waals surface area contributed by atoms with Gasteiger partial charge in [-0.25, -0.2) is 9.67 Å². The van der Waals surface area contributed by atoms with Crippen molar-refractivity contribution in [1.29, 1.82) is 0 Å². The van der Waals surface area contributed by atoms with E-state index in [1.165, 1.54) is 0 Å². The van der Waals surface area contributed by atoms with E-state index in [-0.39, 0.29) is 6.61 Å². The molecule has 1 N–H and O–H groups in total. The first kappa shape index (κ1) is 10.4. The molecule has 1 unspecified atom stereocenters. The Morgan fingerprint density at radius 2 is 2.41 bits per heavy atom. The third-order valence-corrected chi connectivity index (χ3v) is 3.15. The van der Waals surface area contributed by atoms with Crippen LogP contribution >= 0.6 is 0 Å². The van der Waals surface area contributed by atoms with Gasteiger partial charge in [0.2, 0.25) is 0 Å². The van der Waals surface area contributed by atoms with Gasteiger partial charge in [0, 0.05) is 37.5 Å². The van der Waals surface area contributed by atoms with Crippen LogP contribution in [0.5, 0.6) is 0 Å². The van der Waals surface area contributed by atoms with E-state index in [1.807, 2.05) is 16.8 Å². The van der Waals surface area contributed by atoms with Crippen LogP contribution in [0.15, 0.2) is 24.5 Å². The molecule has 0 fully saturated rings. The summed E-state index contributed by atoms with van der Waals surface area (Å²) in [7, 11) is 0. The lowest BCUT2D eigenvalue weighted by atomic mass is 9.99. The third-order valence-electron chi connectivity index (χ3n) is 3.15. The van der Waals surface area contributed by atoms with Gasteiger partial charge < -0.3 is 5.11 Å². The van der Waals surface area contributed by atoms with Crippen molar-refractivity contribution in [3.8, 4) is 11.4 Å². The normalized spacial score (nSPS) is 19.0. The second kappa shape index (κ2) is 4.25. The maximum Gasteiger partial charge on any atom is 0.182 e. The third kappa shape index (κ3) is 1.93. The Morgan fingerprint density at radius 1 is 1.47 bits per heavy atom. The molecule has 3 heterocycles. The van der Waals surface area contributed by atoms with Gasteiger partial charge >= 0.3 is 0 Å². The maximum absolute atomic E-state index is 9.17. The fraction of sp³-hybridized carbons (Fsp3) is 0.417. The Hall–Kier alpha value is -1.75. The Balaban J connectivity index is 1.93. The van der Waals surface area contributed by atoms with Gasteiger partial charge in [0.15, 0.2) is 5.82 Å². The zero-order valence-electron chi connectivity index (χ0n) is 9.45. The Labute approximate surface area is 99.1 Å². The van der Waals surface area contributed by atoms with E-state index in [0.717, 1.165) is 36.6 Å². The van der Waals surface area contributed by atoms with Crippen molar-refractivity contribution < 1.29 is 5.11 Å². The van der Waals surface area contributed by atoms with Gasteiger partial charge in [0.1, 0.15) is 5.82 Å². The first-order valence-electron chi connectivity index (χ1n) is 5.82. The zero-order valence-corrected chi connectivity index (χ0v) is 9.45. The lowest BCUT2D eigenvalue weighted by Gasteiger charge is -2.19. The molecule has 88 valence electrons. The minimum Gasteiger partial charge on any atom is -0.396 e. The summed E-state index contributed by atoms with van der Waals surface area (Å²) in [5.41, 5.74) is 0.940. The van der Waals surface area contributed by atoms with E-state index < -0.39 is 0 Å². The van der Waals surface area contributed by atoms with E-state index in [9.17, 15) is 5.11 Å². The predicted octanol–water partition coefficient (Wildman–Crippen LogP) is 0.895. The molecule has 5 heteroatoms. The fourth-order valence-electron chi connectivity index (χ4n) is 2.14. The van der Waals surface area contributed by atoms with Gasteiger partial charge in [-0.1, -0.05) is 0 Å². The molecule has 0 aromatic carbocycles. The highest BCUT2D eigenvalue weighted by Gasteiger charge is 2.21. The lowest BCUT2D eigenvalue weighted by molar-refractivity contribution is 0.196. The summed E-state index contributed by atoms with van der Waals surface area (Å²) < 4.78 is 1.94. The van der Waals surface area contributed by atoms with Crippen LogP contribution < -0.4 is 0 Å². The molecular formula is C12H14N4O. The van der Waals surface area contributed by atoms with Gasteiger partial charge in [-0.2, -0.15) is 5.10 Å². The molecule has 0 bridgehead atoms. The number of hydrogen-bond acceptors (Lipinski definition) is 4. The number of aliphatic hydroxyl groups is 1. The molecule has 1 aliphatic heterocycles. The summed E-state index contributed by atoms with van der Waals surface area (Å²) in [4.78, 5) is 8.59. The van der Waals surface area contributed by atoms with Crippen LogP contribution in [-0.2, 0) is 13.0 Å². The summed E-state index contributed by atoms with van der Waals surface area (Å²) in [6.07, 6.45) is 5.29. The molecule has 17 heavy (non-hydrogen) atoms. The number of fused-ring (bicyclic) bond motifs is 1. The molecule has 0 saturated carbocycles. The summed E-state index contributed by atoms with van der Waals surface area (Å²) in [5.74, 6) is 2.02. The Morgan fingerprint density at radius 3 is 3.18 bits per heavy atom. The van der Waals surface area contributed by atoms with Crippen molar-refractivity contribution in [1.82, 2.24) is 19.7 Å².